The first kappa shape index (κ1) is 16.1. The number of aliphatic imine (C=N–C) groups is 1. The van der Waals surface area contributed by atoms with Crippen LogP contribution < -0.4 is 10.2 Å². The first-order valence-corrected chi connectivity index (χ1v) is 9.14. The largest absolute Gasteiger partial charge is 0.359 e. The van der Waals surface area contributed by atoms with Crippen LogP contribution in [0.4, 0.5) is 21.5 Å². The summed E-state index contributed by atoms with van der Waals surface area (Å²) in [4.78, 5) is 7.17. The van der Waals surface area contributed by atoms with Gasteiger partial charge in [-0.15, -0.1) is 0 Å². The standard InChI is InChI=1S/C23H20FN3/c1-13-10-14(2)21(15(3)11-13)23-26-19-12-16(24)8-9-17(19)22-25-18-6-4-5-7-20(18)27(22)23/h4-12,22,25H,1-3H3. The molecule has 3 aromatic carbocycles. The molecule has 0 fully saturated rings. The van der Waals surface area contributed by atoms with Crippen molar-refractivity contribution < 1.29 is 4.39 Å². The predicted octanol–water partition coefficient (Wildman–Crippen LogP) is 5.77. The molecule has 5 rings (SSSR count). The number of nitrogens with zero attached hydrogens (tertiary/aromatic N) is 2. The fraction of sp³-hybridized carbons (Fsp3) is 0.174. The minimum Gasteiger partial charge on any atom is -0.359 e. The number of halogens is 1. The van der Waals surface area contributed by atoms with Crippen LogP contribution in [-0.2, 0) is 0 Å². The second-order valence-corrected chi connectivity index (χ2v) is 7.35. The Kier molecular flexibility index (Phi) is 3.38. The summed E-state index contributed by atoms with van der Waals surface area (Å²) in [5.41, 5.74) is 8.52. The number of anilines is 2. The number of benzene rings is 3. The SMILES string of the molecule is Cc1cc(C)c(C2=Nc3cc(F)ccc3C3Nc4ccccc4N23)c(C)c1. The monoisotopic (exact) mass is 357 g/mol. The summed E-state index contributed by atoms with van der Waals surface area (Å²) in [5.74, 6) is 0.601. The van der Waals surface area contributed by atoms with Crippen LogP contribution in [0.25, 0.3) is 0 Å². The maximum absolute atomic E-state index is 13.9. The van der Waals surface area contributed by atoms with Gasteiger partial charge in [0.2, 0.25) is 0 Å². The van der Waals surface area contributed by atoms with E-state index < -0.39 is 0 Å². The van der Waals surface area contributed by atoms with E-state index in [1.54, 1.807) is 0 Å². The Morgan fingerprint density at radius 1 is 0.963 bits per heavy atom. The number of para-hydroxylation sites is 2. The van der Waals surface area contributed by atoms with E-state index in [-0.39, 0.29) is 12.0 Å². The molecule has 2 aliphatic rings. The fourth-order valence-electron chi connectivity index (χ4n) is 4.33. The third kappa shape index (κ3) is 2.36. The van der Waals surface area contributed by atoms with Gasteiger partial charge in [-0.1, -0.05) is 29.8 Å². The van der Waals surface area contributed by atoms with Crippen molar-refractivity contribution in [2.45, 2.75) is 26.9 Å². The van der Waals surface area contributed by atoms with Crippen molar-refractivity contribution in [2.24, 2.45) is 4.99 Å². The van der Waals surface area contributed by atoms with E-state index in [1.165, 1.54) is 28.8 Å². The number of nitrogens with one attached hydrogen (secondary N) is 1. The van der Waals surface area contributed by atoms with Gasteiger partial charge in [0.15, 0.2) is 0 Å². The van der Waals surface area contributed by atoms with Crippen LogP contribution in [0.5, 0.6) is 0 Å². The average Bonchev–Trinajstić information content (AvgIpc) is 3.00. The molecule has 3 aromatic rings. The number of rotatable bonds is 1. The summed E-state index contributed by atoms with van der Waals surface area (Å²) in [6.07, 6.45) is -0.0920. The third-order valence-corrected chi connectivity index (χ3v) is 5.36. The van der Waals surface area contributed by atoms with Crippen molar-refractivity contribution in [1.82, 2.24) is 0 Å². The van der Waals surface area contributed by atoms with E-state index in [9.17, 15) is 4.39 Å². The molecule has 0 aliphatic carbocycles. The topological polar surface area (TPSA) is 27.6 Å². The maximum atomic E-state index is 13.9. The highest BCUT2D eigenvalue weighted by Gasteiger charge is 2.38. The molecule has 3 nitrogen and oxygen atoms in total. The molecule has 1 unspecified atom stereocenters. The van der Waals surface area contributed by atoms with Gasteiger partial charge < -0.3 is 5.32 Å². The number of fused-ring (bicyclic) bond motifs is 5. The number of amidine groups is 1. The molecule has 0 saturated carbocycles. The Hall–Kier alpha value is -3.14. The summed E-state index contributed by atoms with van der Waals surface area (Å²) in [5, 5.41) is 3.58. The lowest BCUT2D eigenvalue weighted by Gasteiger charge is -2.34. The molecular formula is C23H20FN3. The van der Waals surface area contributed by atoms with Crippen LogP contribution in [0.1, 0.15) is 34.0 Å². The number of aryl methyl sites for hydroxylation is 3. The van der Waals surface area contributed by atoms with Crippen LogP contribution in [0.15, 0.2) is 59.6 Å². The third-order valence-electron chi connectivity index (χ3n) is 5.36. The van der Waals surface area contributed by atoms with Crippen molar-refractivity contribution in [3.63, 3.8) is 0 Å². The van der Waals surface area contributed by atoms with E-state index in [4.69, 9.17) is 4.99 Å². The highest BCUT2D eigenvalue weighted by Crippen LogP contribution is 2.47. The van der Waals surface area contributed by atoms with Crippen molar-refractivity contribution in [3.05, 3.63) is 88.2 Å². The van der Waals surface area contributed by atoms with Crippen LogP contribution >= 0.6 is 0 Å². The van der Waals surface area contributed by atoms with Crippen molar-refractivity contribution in [2.75, 3.05) is 10.2 Å². The lowest BCUT2D eigenvalue weighted by molar-refractivity contribution is 0.626. The molecule has 0 aromatic heterocycles. The Morgan fingerprint density at radius 3 is 2.48 bits per heavy atom. The van der Waals surface area contributed by atoms with Crippen LogP contribution in [0.2, 0.25) is 0 Å². The zero-order valence-corrected chi connectivity index (χ0v) is 15.5. The molecule has 1 N–H and O–H groups in total. The Bertz CT molecular complexity index is 1090. The molecule has 1 atom stereocenters. The lowest BCUT2D eigenvalue weighted by atomic mass is 9.96. The molecule has 2 aliphatic heterocycles. The Labute approximate surface area is 158 Å². The summed E-state index contributed by atoms with van der Waals surface area (Å²) in [6, 6.07) is 17.4. The van der Waals surface area contributed by atoms with Crippen LogP contribution in [0.3, 0.4) is 0 Å². The predicted molar refractivity (Wildman–Crippen MR) is 109 cm³/mol. The van der Waals surface area contributed by atoms with Gasteiger partial charge in [0.05, 0.1) is 17.1 Å². The first-order valence-electron chi connectivity index (χ1n) is 9.14. The molecule has 134 valence electrons. The van der Waals surface area contributed by atoms with Crippen molar-refractivity contribution >= 4 is 22.9 Å². The Balaban J connectivity index is 1.81. The highest BCUT2D eigenvalue weighted by atomic mass is 19.1. The maximum Gasteiger partial charge on any atom is 0.143 e. The van der Waals surface area contributed by atoms with E-state index in [2.05, 4.69) is 55.3 Å². The number of hydrogen-bond acceptors (Lipinski definition) is 3. The molecule has 0 saturated heterocycles. The average molecular weight is 357 g/mol. The first-order chi connectivity index (χ1) is 13.0. The van der Waals surface area contributed by atoms with Gasteiger partial charge in [-0.3, -0.25) is 4.90 Å². The van der Waals surface area contributed by atoms with E-state index in [0.29, 0.717) is 5.69 Å². The van der Waals surface area contributed by atoms with Crippen molar-refractivity contribution in [1.29, 1.82) is 0 Å². The Morgan fingerprint density at radius 2 is 1.70 bits per heavy atom. The van der Waals surface area contributed by atoms with Gasteiger partial charge in [0, 0.05) is 11.1 Å². The second-order valence-electron chi connectivity index (χ2n) is 7.35. The van der Waals surface area contributed by atoms with E-state index in [0.717, 1.165) is 28.3 Å². The van der Waals surface area contributed by atoms with Gasteiger partial charge in [-0.25, -0.2) is 9.38 Å². The van der Waals surface area contributed by atoms with E-state index in [1.807, 2.05) is 18.2 Å². The van der Waals surface area contributed by atoms with Gasteiger partial charge in [-0.05, 0) is 62.2 Å². The van der Waals surface area contributed by atoms with Crippen molar-refractivity contribution in [3.8, 4) is 0 Å². The smallest absolute Gasteiger partial charge is 0.143 e. The summed E-state index contributed by atoms with van der Waals surface area (Å²) >= 11 is 0. The fourth-order valence-corrected chi connectivity index (χ4v) is 4.33. The molecule has 0 bridgehead atoms. The van der Waals surface area contributed by atoms with Crippen LogP contribution in [0, 0.1) is 26.6 Å². The van der Waals surface area contributed by atoms with Gasteiger partial charge in [-0.2, -0.15) is 0 Å². The summed E-state index contributed by atoms with van der Waals surface area (Å²) in [6.45, 7) is 6.33. The highest BCUT2D eigenvalue weighted by molar-refractivity contribution is 6.17. The van der Waals surface area contributed by atoms with Gasteiger partial charge in [0.1, 0.15) is 17.8 Å². The minimum absolute atomic E-state index is 0.0920. The normalized spacial score (nSPS) is 17.0. The molecule has 4 heteroatoms. The summed E-state index contributed by atoms with van der Waals surface area (Å²) in [7, 11) is 0. The molecule has 0 amide bonds. The molecule has 2 heterocycles. The molecule has 27 heavy (non-hydrogen) atoms. The van der Waals surface area contributed by atoms with Gasteiger partial charge >= 0.3 is 0 Å². The minimum atomic E-state index is -0.266. The molecule has 0 spiro atoms. The van der Waals surface area contributed by atoms with E-state index >= 15 is 0 Å². The summed E-state index contributed by atoms with van der Waals surface area (Å²) < 4.78 is 13.9. The van der Waals surface area contributed by atoms with Crippen LogP contribution in [-0.4, -0.2) is 5.84 Å². The van der Waals surface area contributed by atoms with Gasteiger partial charge in [0.25, 0.3) is 0 Å². The number of hydrogen-bond donors (Lipinski definition) is 1. The zero-order valence-electron chi connectivity index (χ0n) is 15.5. The zero-order chi connectivity index (χ0) is 18.7. The second kappa shape index (κ2) is 5.68. The quantitative estimate of drug-likeness (QED) is 0.598. The molecular weight excluding hydrogens is 337 g/mol. The lowest BCUT2D eigenvalue weighted by Crippen LogP contribution is -2.38. The molecule has 0 radical (unpaired) electrons.